The molecule has 7 nitrogen and oxygen atoms in total. The van der Waals surface area contributed by atoms with Gasteiger partial charge in [0.2, 0.25) is 0 Å². The van der Waals surface area contributed by atoms with Crippen LogP contribution in [0.25, 0.3) is 0 Å². The summed E-state index contributed by atoms with van der Waals surface area (Å²) >= 11 is 0. The summed E-state index contributed by atoms with van der Waals surface area (Å²) in [4.78, 5) is 11.6. The summed E-state index contributed by atoms with van der Waals surface area (Å²) in [5, 5.41) is 6.63. The third kappa shape index (κ3) is 5.90. The van der Waals surface area contributed by atoms with Crippen molar-refractivity contribution >= 4 is 35.8 Å². The number of guanidine groups is 1. The lowest BCUT2D eigenvalue weighted by Gasteiger charge is -2.27. The Kier molecular flexibility index (Phi) is 8.41. The van der Waals surface area contributed by atoms with Crippen molar-refractivity contribution in [1.82, 2.24) is 15.6 Å². The van der Waals surface area contributed by atoms with E-state index in [1.54, 1.807) is 0 Å². The van der Waals surface area contributed by atoms with Gasteiger partial charge < -0.3 is 25.0 Å². The van der Waals surface area contributed by atoms with E-state index in [1.165, 1.54) is 12.8 Å². The Morgan fingerprint density at radius 1 is 1.13 bits per heavy atom. The maximum atomic E-state index is 6.00. The van der Waals surface area contributed by atoms with Gasteiger partial charge in [-0.2, -0.15) is 0 Å². The highest BCUT2D eigenvalue weighted by Crippen LogP contribution is 2.30. The topological polar surface area (TPSA) is 71.0 Å². The van der Waals surface area contributed by atoms with Gasteiger partial charge in [0.15, 0.2) is 17.5 Å². The monoisotopic (exact) mass is 523 g/mol. The van der Waals surface area contributed by atoms with Crippen molar-refractivity contribution in [3.8, 4) is 11.5 Å². The Labute approximate surface area is 195 Å². The second-order valence-corrected chi connectivity index (χ2v) is 7.29. The van der Waals surface area contributed by atoms with Crippen molar-refractivity contribution in [3.05, 3.63) is 48.2 Å². The van der Waals surface area contributed by atoms with Crippen LogP contribution in [0.4, 0.5) is 5.82 Å². The second-order valence-electron chi connectivity index (χ2n) is 7.29. The standard InChI is InChI=1S/C22H29N5O2.HI/c1-2-23-22(26-15-18-16-28-19-7-3-4-8-20(19)29-18)25-14-17-9-10-21(24-13-17)27-11-5-6-12-27;/h3-4,7-10,13,18H,2,5-6,11-12,14-16H2,1H3,(H2,23,25,26);1H. The summed E-state index contributed by atoms with van der Waals surface area (Å²) in [6, 6.07) is 12.0. The highest BCUT2D eigenvalue weighted by Gasteiger charge is 2.20. The van der Waals surface area contributed by atoms with Gasteiger partial charge in [0.05, 0.1) is 13.1 Å². The molecule has 1 saturated heterocycles. The number of nitrogens with zero attached hydrogens (tertiary/aromatic N) is 3. The molecule has 1 unspecified atom stereocenters. The first-order valence-corrected chi connectivity index (χ1v) is 10.4. The van der Waals surface area contributed by atoms with E-state index in [1.807, 2.05) is 30.5 Å². The first-order chi connectivity index (χ1) is 14.3. The molecule has 0 radical (unpaired) electrons. The Morgan fingerprint density at radius 3 is 2.67 bits per heavy atom. The van der Waals surface area contributed by atoms with E-state index >= 15 is 0 Å². The molecule has 1 aromatic heterocycles. The number of anilines is 1. The van der Waals surface area contributed by atoms with Gasteiger partial charge in [0.1, 0.15) is 18.5 Å². The average molecular weight is 523 g/mol. The number of halogens is 1. The summed E-state index contributed by atoms with van der Waals surface area (Å²) in [5.74, 6) is 3.42. The lowest BCUT2D eigenvalue weighted by atomic mass is 10.2. The molecule has 162 valence electrons. The number of ether oxygens (including phenoxy) is 2. The second kappa shape index (κ2) is 11.2. The molecule has 1 fully saturated rings. The lowest BCUT2D eigenvalue weighted by Crippen LogP contribution is -2.45. The Morgan fingerprint density at radius 2 is 1.93 bits per heavy atom. The molecular weight excluding hydrogens is 493 g/mol. The fourth-order valence-corrected chi connectivity index (χ4v) is 3.53. The third-order valence-corrected chi connectivity index (χ3v) is 5.07. The number of benzene rings is 1. The van der Waals surface area contributed by atoms with Crippen molar-refractivity contribution in [2.75, 3.05) is 37.7 Å². The molecule has 2 aliphatic rings. The van der Waals surface area contributed by atoms with E-state index in [0.717, 1.165) is 48.5 Å². The Bertz CT molecular complexity index is 825. The predicted octanol–water partition coefficient (Wildman–Crippen LogP) is 3.19. The number of rotatable bonds is 6. The molecule has 0 amide bonds. The largest absolute Gasteiger partial charge is 0.486 e. The summed E-state index contributed by atoms with van der Waals surface area (Å²) in [7, 11) is 0. The van der Waals surface area contributed by atoms with Crippen LogP contribution < -0.4 is 25.0 Å². The number of aromatic nitrogens is 1. The zero-order valence-electron chi connectivity index (χ0n) is 17.3. The van der Waals surface area contributed by atoms with Gasteiger partial charge in [-0.15, -0.1) is 24.0 Å². The van der Waals surface area contributed by atoms with Gasteiger partial charge in [0, 0.05) is 25.8 Å². The first kappa shape index (κ1) is 22.5. The summed E-state index contributed by atoms with van der Waals surface area (Å²) in [6.45, 7) is 6.78. The number of nitrogens with one attached hydrogen (secondary N) is 2. The minimum absolute atomic E-state index is 0. The zero-order valence-corrected chi connectivity index (χ0v) is 19.7. The Balaban J connectivity index is 0.00000256. The van der Waals surface area contributed by atoms with E-state index < -0.39 is 0 Å². The molecular formula is C22H30IN5O2. The molecule has 1 aromatic carbocycles. The predicted molar refractivity (Wildman–Crippen MR) is 130 cm³/mol. The van der Waals surface area contributed by atoms with Crippen LogP contribution in [0.5, 0.6) is 11.5 Å². The Hall–Kier alpha value is -2.23. The van der Waals surface area contributed by atoms with Crippen molar-refractivity contribution in [2.24, 2.45) is 4.99 Å². The molecule has 2 aliphatic heterocycles. The number of aliphatic imine (C=N–C) groups is 1. The van der Waals surface area contributed by atoms with Gasteiger partial charge >= 0.3 is 0 Å². The molecule has 3 heterocycles. The summed E-state index contributed by atoms with van der Waals surface area (Å²) in [6.07, 6.45) is 4.38. The SMILES string of the molecule is CCNC(=NCc1ccc(N2CCCC2)nc1)NCC1COc2ccccc2O1.I. The van der Waals surface area contributed by atoms with E-state index in [4.69, 9.17) is 9.47 Å². The molecule has 0 spiro atoms. The molecule has 8 heteroatoms. The molecule has 0 bridgehead atoms. The van der Waals surface area contributed by atoms with Crippen LogP contribution >= 0.6 is 24.0 Å². The smallest absolute Gasteiger partial charge is 0.191 e. The minimum atomic E-state index is -0.0600. The van der Waals surface area contributed by atoms with Gasteiger partial charge in [0.25, 0.3) is 0 Å². The van der Waals surface area contributed by atoms with Crippen molar-refractivity contribution in [2.45, 2.75) is 32.4 Å². The van der Waals surface area contributed by atoms with E-state index in [-0.39, 0.29) is 30.1 Å². The van der Waals surface area contributed by atoms with Crippen LogP contribution in [0.1, 0.15) is 25.3 Å². The van der Waals surface area contributed by atoms with Crippen LogP contribution in [-0.2, 0) is 6.54 Å². The number of para-hydroxylation sites is 2. The first-order valence-electron chi connectivity index (χ1n) is 10.4. The number of hydrogen-bond donors (Lipinski definition) is 2. The average Bonchev–Trinajstić information content (AvgIpc) is 3.31. The van der Waals surface area contributed by atoms with E-state index in [2.05, 4.69) is 44.6 Å². The maximum absolute atomic E-state index is 6.00. The molecule has 0 saturated carbocycles. The van der Waals surface area contributed by atoms with Gasteiger partial charge in [-0.25, -0.2) is 9.98 Å². The number of hydrogen-bond acceptors (Lipinski definition) is 5. The number of pyridine rings is 1. The van der Waals surface area contributed by atoms with Crippen LogP contribution in [0.15, 0.2) is 47.6 Å². The van der Waals surface area contributed by atoms with Crippen LogP contribution in [0, 0.1) is 0 Å². The van der Waals surface area contributed by atoms with Crippen LogP contribution in [-0.4, -0.2) is 49.8 Å². The van der Waals surface area contributed by atoms with Gasteiger partial charge in [-0.05, 0) is 43.5 Å². The molecule has 2 aromatic rings. The minimum Gasteiger partial charge on any atom is -0.486 e. The zero-order chi connectivity index (χ0) is 19.9. The molecule has 1 atom stereocenters. The number of fused-ring (bicyclic) bond motifs is 1. The molecule has 4 rings (SSSR count). The fraction of sp³-hybridized carbons (Fsp3) is 0.455. The van der Waals surface area contributed by atoms with Crippen LogP contribution in [0.2, 0.25) is 0 Å². The highest BCUT2D eigenvalue weighted by molar-refractivity contribution is 14.0. The van der Waals surface area contributed by atoms with Crippen LogP contribution in [0.3, 0.4) is 0 Å². The van der Waals surface area contributed by atoms with Crippen molar-refractivity contribution in [1.29, 1.82) is 0 Å². The van der Waals surface area contributed by atoms with Gasteiger partial charge in [-0.3, -0.25) is 0 Å². The maximum Gasteiger partial charge on any atom is 0.191 e. The summed E-state index contributed by atoms with van der Waals surface area (Å²) < 4.78 is 11.8. The van der Waals surface area contributed by atoms with Gasteiger partial charge in [-0.1, -0.05) is 18.2 Å². The highest BCUT2D eigenvalue weighted by atomic mass is 127. The fourth-order valence-electron chi connectivity index (χ4n) is 3.53. The van der Waals surface area contributed by atoms with E-state index in [0.29, 0.717) is 19.7 Å². The summed E-state index contributed by atoms with van der Waals surface area (Å²) in [5.41, 5.74) is 1.09. The lowest BCUT2D eigenvalue weighted by molar-refractivity contribution is 0.0936. The van der Waals surface area contributed by atoms with Crippen molar-refractivity contribution in [3.63, 3.8) is 0 Å². The van der Waals surface area contributed by atoms with Crippen molar-refractivity contribution < 1.29 is 9.47 Å². The molecule has 30 heavy (non-hydrogen) atoms. The quantitative estimate of drug-likeness (QED) is 0.345. The van der Waals surface area contributed by atoms with E-state index in [9.17, 15) is 0 Å². The third-order valence-electron chi connectivity index (χ3n) is 5.07. The molecule has 2 N–H and O–H groups in total. The molecule has 0 aliphatic carbocycles. The normalized spacial score (nSPS) is 18.0.